The highest BCUT2D eigenvalue weighted by atomic mass is 79.9. The SMILES string of the molecule is CCn1ncc(Br)c1CNC(=O)c1ccn(COc2ccc(C(C)C)cc2)n1. The molecule has 0 aliphatic heterocycles. The molecule has 0 aliphatic carbocycles. The normalized spacial score (nSPS) is 11.0. The van der Waals surface area contributed by atoms with Crippen LogP contribution in [0.1, 0.15) is 48.4 Å². The molecule has 0 aliphatic rings. The van der Waals surface area contributed by atoms with E-state index in [2.05, 4.69) is 57.4 Å². The van der Waals surface area contributed by atoms with Gasteiger partial charge in [-0.2, -0.15) is 10.2 Å². The van der Waals surface area contributed by atoms with Gasteiger partial charge in [0, 0.05) is 12.7 Å². The van der Waals surface area contributed by atoms with E-state index in [0.29, 0.717) is 18.2 Å². The van der Waals surface area contributed by atoms with Crippen molar-refractivity contribution in [1.29, 1.82) is 0 Å². The number of nitrogens with one attached hydrogen (secondary N) is 1. The third-order valence-electron chi connectivity index (χ3n) is 4.40. The summed E-state index contributed by atoms with van der Waals surface area (Å²) in [6.07, 6.45) is 3.45. The van der Waals surface area contributed by atoms with Crippen molar-refractivity contribution in [3.63, 3.8) is 0 Å². The lowest BCUT2D eigenvalue weighted by Crippen LogP contribution is -2.25. The van der Waals surface area contributed by atoms with Gasteiger partial charge in [0.2, 0.25) is 0 Å². The molecule has 1 amide bonds. The Morgan fingerprint density at radius 3 is 2.68 bits per heavy atom. The molecule has 148 valence electrons. The van der Waals surface area contributed by atoms with Gasteiger partial charge in [-0.15, -0.1) is 0 Å². The number of ether oxygens (including phenoxy) is 1. The zero-order valence-corrected chi connectivity index (χ0v) is 17.8. The smallest absolute Gasteiger partial charge is 0.272 e. The van der Waals surface area contributed by atoms with Crippen LogP contribution in [-0.4, -0.2) is 25.5 Å². The van der Waals surface area contributed by atoms with Crippen molar-refractivity contribution in [2.24, 2.45) is 0 Å². The number of rotatable bonds is 8. The van der Waals surface area contributed by atoms with E-state index >= 15 is 0 Å². The lowest BCUT2D eigenvalue weighted by molar-refractivity contribution is 0.0942. The minimum absolute atomic E-state index is 0.239. The van der Waals surface area contributed by atoms with Crippen LogP contribution in [0.4, 0.5) is 0 Å². The molecule has 0 unspecified atom stereocenters. The van der Waals surface area contributed by atoms with Crippen LogP contribution in [-0.2, 0) is 19.8 Å². The molecule has 0 saturated carbocycles. The van der Waals surface area contributed by atoms with Gasteiger partial charge in [-0.05, 0) is 52.5 Å². The second kappa shape index (κ2) is 9.05. The first kappa shape index (κ1) is 20.1. The molecule has 0 bridgehead atoms. The number of benzene rings is 1. The summed E-state index contributed by atoms with van der Waals surface area (Å²) in [6.45, 7) is 7.66. The summed E-state index contributed by atoms with van der Waals surface area (Å²) < 4.78 is 10.0. The molecular weight excluding hydrogens is 422 g/mol. The lowest BCUT2D eigenvalue weighted by Gasteiger charge is -2.09. The number of nitrogens with zero attached hydrogens (tertiary/aromatic N) is 4. The Labute approximate surface area is 172 Å². The molecule has 1 aromatic carbocycles. The molecule has 3 rings (SSSR count). The number of hydrogen-bond donors (Lipinski definition) is 1. The Bertz CT molecular complexity index is 930. The summed E-state index contributed by atoms with van der Waals surface area (Å²) in [4.78, 5) is 12.4. The van der Waals surface area contributed by atoms with Crippen molar-refractivity contribution in [2.45, 2.75) is 46.5 Å². The van der Waals surface area contributed by atoms with Gasteiger partial charge in [0.1, 0.15) is 11.4 Å². The van der Waals surface area contributed by atoms with Gasteiger partial charge in [-0.25, -0.2) is 4.68 Å². The van der Waals surface area contributed by atoms with Crippen molar-refractivity contribution in [3.8, 4) is 5.75 Å². The summed E-state index contributed by atoms with van der Waals surface area (Å²) in [5.74, 6) is 1.01. The zero-order valence-electron chi connectivity index (χ0n) is 16.2. The first-order chi connectivity index (χ1) is 13.5. The summed E-state index contributed by atoms with van der Waals surface area (Å²) in [7, 11) is 0. The van der Waals surface area contributed by atoms with E-state index in [0.717, 1.165) is 22.5 Å². The molecule has 2 heterocycles. The highest BCUT2D eigenvalue weighted by Crippen LogP contribution is 2.19. The average molecular weight is 446 g/mol. The van der Waals surface area contributed by atoms with Crippen LogP contribution in [0, 0.1) is 0 Å². The molecule has 2 aromatic heterocycles. The number of aromatic nitrogens is 4. The number of hydrogen-bond acceptors (Lipinski definition) is 4. The first-order valence-corrected chi connectivity index (χ1v) is 10.0. The first-order valence-electron chi connectivity index (χ1n) is 9.22. The quantitative estimate of drug-likeness (QED) is 0.569. The van der Waals surface area contributed by atoms with Crippen molar-refractivity contribution >= 4 is 21.8 Å². The van der Waals surface area contributed by atoms with Crippen molar-refractivity contribution in [2.75, 3.05) is 0 Å². The fraction of sp³-hybridized carbons (Fsp3) is 0.350. The second-order valence-electron chi connectivity index (χ2n) is 6.68. The molecule has 0 fully saturated rings. The van der Waals surface area contributed by atoms with Crippen molar-refractivity contribution in [3.05, 3.63) is 64.1 Å². The number of amides is 1. The molecule has 0 saturated heterocycles. The lowest BCUT2D eigenvalue weighted by atomic mass is 10.0. The van der Waals surface area contributed by atoms with E-state index in [9.17, 15) is 4.79 Å². The number of halogens is 1. The minimum Gasteiger partial charge on any atom is -0.471 e. The Balaban J connectivity index is 1.54. The van der Waals surface area contributed by atoms with E-state index in [-0.39, 0.29) is 12.6 Å². The fourth-order valence-electron chi connectivity index (χ4n) is 2.73. The van der Waals surface area contributed by atoms with E-state index in [1.165, 1.54) is 5.56 Å². The van der Waals surface area contributed by atoms with Crippen LogP contribution < -0.4 is 10.1 Å². The van der Waals surface area contributed by atoms with E-state index in [4.69, 9.17) is 4.74 Å². The molecule has 1 N–H and O–H groups in total. The Morgan fingerprint density at radius 2 is 2.00 bits per heavy atom. The molecule has 0 atom stereocenters. The predicted octanol–water partition coefficient (Wildman–Crippen LogP) is 3.95. The van der Waals surface area contributed by atoms with Crippen LogP contribution in [0.5, 0.6) is 5.75 Å². The van der Waals surface area contributed by atoms with Gasteiger partial charge < -0.3 is 10.1 Å². The summed E-state index contributed by atoms with van der Waals surface area (Å²) in [6, 6.07) is 9.68. The number of carbonyl (C=O) groups excluding carboxylic acids is 1. The molecule has 8 heteroatoms. The summed E-state index contributed by atoms with van der Waals surface area (Å²) in [5, 5.41) is 11.4. The molecule has 7 nitrogen and oxygen atoms in total. The Hall–Kier alpha value is -2.61. The topological polar surface area (TPSA) is 74.0 Å². The Kier molecular flexibility index (Phi) is 6.51. The minimum atomic E-state index is -0.240. The van der Waals surface area contributed by atoms with Crippen LogP contribution in [0.2, 0.25) is 0 Å². The zero-order chi connectivity index (χ0) is 20.1. The van der Waals surface area contributed by atoms with E-state index in [1.807, 2.05) is 23.7 Å². The predicted molar refractivity (Wildman–Crippen MR) is 110 cm³/mol. The third kappa shape index (κ3) is 4.81. The van der Waals surface area contributed by atoms with Gasteiger partial charge in [-0.1, -0.05) is 26.0 Å². The van der Waals surface area contributed by atoms with Crippen molar-refractivity contribution < 1.29 is 9.53 Å². The van der Waals surface area contributed by atoms with Gasteiger partial charge in [0.15, 0.2) is 6.73 Å². The maximum absolute atomic E-state index is 12.4. The molecule has 0 spiro atoms. The van der Waals surface area contributed by atoms with E-state index < -0.39 is 0 Å². The van der Waals surface area contributed by atoms with Crippen LogP contribution in [0.3, 0.4) is 0 Å². The molecule has 0 radical (unpaired) electrons. The second-order valence-corrected chi connectivity index (χ2v) is 7.53. The number of carbonyl (C=O) groups is 1. The highest BCUT2D eigenvalue weighted by Gasteiger charge is 2.13. The highest BCUT2D eigenvalue weighted by molar-refractivity contribution is 9.10. The number of aryl methyl sites for hydroxylation is 1. The standard InChI is InChI=1S/C20H24BrN5O2/c1-4-26-19(17(21)11-23-26)12-22-20(27)18-9-10-25(24-18)13-28-16-7-5-15(6-8-16)14(2)3/h5-11,14H,4,12-13H2,1-3H3,(H,22,27). The van der Waals surface area contributed by atoms with E-state index in [1.54, 1.807) is 23.1 Å². The maximum Gasteiger partial charge on any atom is 0.272 e. The molecule has 28 heavy (non-hydrogen) atoms. The van der Waals surface area contributed by atoms with Crippen molar-refractivity contribution in [1.82, 2.24) is 24.9 Å². The third-order valence-corrected chi connectivity index (χ3v) is 5.06. The molecular formula is C20H24BrN5O2. The monoisotopic (exact) mass is 445 g/mol. The van der Waals surface area contributed by atoms with Gasteiger partial charge in [0.25, 0.3) is 5.91 Å². The summed E-state index contributed by atoms with van der Waals surface area (Å²) in [5.41, 5.74) is 2.53. The Morgan fingerprint density at radius 1 is 1.25 bits per heavy atom. The van der Waals surface area contributed by atoms with Crippen LogP contribution in [0.25, 0.3) is 0 Å². The fourth-order valence-corrected chi connectivity index (χ4v) is 3.17. The van der Waals surface area contributed by atoms with Gasteiger partial charge >= 0.3 is 0 Å². The van der Waals surface area contributed by atoms with Crippen LogP contribution >= 0.6 is 15.9 Å². The average Bonchev–Trinajstić information content (AvgIpc) is 3.31. The van der Waals surface area contributed by atoms with Gasteiger partial charge in [0.05, 0.1) is 22.9 Å². The van der Waals surface area contributed by atoms with Crippen LogP contribution in [0.15, 0.2) is 47.2 Å². The maximum atomic E-state index is 12.4. The van der Waals surface area contributed by atoms with Gasteiger partial charge in [-0.3, -0.25) is 9.48 Å². The largest absolute Gasteiger partial charge is 0.471 e. The molecule has 3 aromatic rings. The summed E-state index contributed by atoms with van der Waals surface area (Å²) >= 11 is 3.45.